The number of fused-ring (bicyclic) bond motifs is 3. The first-order valence-electron chi connectivity index (χ1n) is 7.61. The predicted molar refractivity (Wildman–Crippen MR) is 84.2 cm³/mol. The lowest BCUT2D eigenvalue weighted by atomic mass is 9.60. The van der Waals surface area contributed by atoms with Gasteiger partial charge in [-0.2, -0.15) is 0 Å². The van der Waals surface area contributed by atoms with Crippen LogP contribution in [0.2, 0.25) is 0 Å². The predicted octanol–water partition coefficient (Wildman–Crippen LogP) is 3.09. The Hall–Kier alpha value is -1.81. The van der Waals surface area contributed by atoms with E-state index in [2.05, 4.69) is 0 Å². The van der Waals surface area contributed by atoms with Crippen LogP contribution in [0.3, 0.4) is 0 Å². The topological polar surface area (TPSA) is 66.8 Å². The first kappa shape index (κ1) is 15.1. The molecule has 1 aromatic rings. The Morgan fingerprint density at radius 3 is 2.68 bits per heavy atom. The third-order valence-corrected chi connectivity index (χ3v) is 5.40. The molecular weight excluding hydrogens is 280 g/mol. The second-order valence-electron chi connectivity index (χ2n) is 6.89. The van der Waals surface area contributed by atoms with E-state index in [9.17, 15) is 15.0 Å². The van der Waals surface area contributed by atoms with E-state index in [1.807, 2.05) is 26.0 Å². The molecule has 0 unspecified atom stereocenters. The van der Waals surface area contributed by atoms with Crippen molar-refractivity contribution >= 4 is 11.4 Å². The van der Waals surface area contributed by atoms with Crippen molar-refractivity contribution in [2.24, 2.45) is 11.3 Å². The lowest BCUT2D eigenvalue weighted by Crippen LogP contribution is -2.42. The van der Waals surface area contributed by atoms with E-state index in [1.54, 1.807) is 14.0 Å². The third-order valence-electron chi connectivity index (χ3n) is 5.40. The maximum atomic E-state index is 12.6. The molecule has 0 heterocycles. The molecule has 2 N–H and O–H groups in total. The van der Waals surface area contributed by atoms with Crippen LogP contribution in [0.1, 0.15) is 48.2 Å². The highest BCUT2D eigenvalue weighted by Crippen LogP contribution is 2.53. The summed E-state index contributed by atoms with van der Waals surface area (Å²) in [7, 11) is 1.55. The van der Waals surface area contributed by atoms with Gasteiger partial charge in [0.15, 0.2) is 5.78 Å². The van der Waals surface area contributed by atoms with Crippen LogP contribution in [-0.2, 0) is 0 Å². The molecule has 0 bridgehead atoms. The number of methoxy groups -OCH3 is 1. The largest absolute Gasteiger partial charge is 0.507 e. The summed E-state index contributed by atoms with van der Waals surface area (Å²) in [6, 6.07) is 1.84. The van der Waals surface area contributed by atoms with Gasteiger partial charge in [0.1, 0.15) is 11.5 Å². The van der Waals surface area contributed by atoms with Crippen LogP contribution in [0.25, 0.3) is 5.57 Å². The number of carbonyl (C=O) groups excluding carboxylic acids is 1. The number of phenols is 1. The van der Waals surface area contributed by atoms with E-state index in [1.165, 1.54) is 0 Å². The van der Waals surface area contributed by atoms with E-state index in [0.29, 0.717) is 29.7 Å². The Kier molecular flexibility index (Phi) is 3.33. The standard InChI is InChI=1S/C18H22O4/c1-9-14(22-4)7-11-10-5-6-15(20)18(2,3)12(10)8-13(19)16(11)17(9)21/h5,7,12,15,20-21H,6,8H2,1-4H3/t12-,15-/m1/s1. The van der Waals surface area contributed by atoms with Gasteiger partial charge in [-0.25, -0.2) is 0 Å². The number of hydrogen-bond donors (Lipinski definition) is 2. The van der Waals surface area contributed by atoms with Crippen molar-refractivity contribution in [2.75, 3.05) is 7.11 Å². The Balaban J connectivity index is 2.26. The highest BCUT2D eigenvalue weighted by Gasteiger charge is 2.46. The van der Waals surface area contributed by atoms with Crippen molar-refractivity contribution in [3.05, 3.63) is 28.8 Å². The molecule has 0 aromatic heterocycles. The molecule has 2 atom stereocenters. The van der Waals surface area contributed by atoms with E-state index in [4.69, 9.17) is 4.74 Å². The number of aliphatic hydroxyl groups excluding tert-OH is 1. The van der Waals surface area contributed by atoms with Crippen molar-refractivity contribution < 1.29 is 19.7 Å². The van der Waals surface area contributed by atoms with Crippen molar-refractivity contribution in [2.45, 2.75) is 39.7 Å². The summed E-state index contributed by atoms with van der Waals surface area (Å²) in [6.07, 6.45) is 2.42. The Labute approximate surface area is 130 Å². The lowest BCUT2D eigenvalue weighted by molar-refractivity contribution is 0.0167. The molecule has 118 valence electrons. The second-order valence-corrected chi connectivity index (χ2v) is 6.89. The molecule has 2 aliphatic carbocycles. The summed E-state index contributed by atoms with van der Waals surface area (Å²) in [5.41, 5.74) is 2.40. The summed E-state index contributed by atoms with van der Waals surface area (Å²) < 4.78 is 5.33. The fraction of sp³-hybridized carbons (Fsp3) is 0.500. The fourth-order valence-electron chi connectivity index (χ4n) is 3.74. The number of phenolic OH excluding ortho intramolecular Hbond substituents is 1. The van der Waals surface area contributed by atoms with Crippen LogP contribution < -0.4 is 4.74 Å². The highest BCUT2D eigenvalue weighted by atomic mass is 16.5. The van der Waals surface area contributed by atoms with E-state index >= 15 is 0 Å². The Morgan fingerprint density at radius 2 is 2.05 bits per heavy atom. The number of Topliss-reactive ketones (excluding diaryl/α,β-unsaturated/α-hetero) is 1. The van der Waals surface area contributed by atoms with Crippen LogP contribution in [0.4, 0.5) is 0 Å². The number of carbonyl (C=O) groups is 1. The molecule has 4 nitrogen and oxygen atoms in total. The number of ketones is 1. The smallest absolute Gasteiger partial charge is 0.167 e. The molecule has 0 saturated carbocycles. The SMILES string of the molecule is COc1cc2c(c(O)c1C)C(=O)C[C@@H]1C2=CC[C@@H](O)C1(C)C. The van der Waals surface area contributed by atoms with Crippen LogP contribution in [0.15, 0.2) is 12.1 Å². The summed E-state index contributed by atoms with van der Waals surface area (Å²) in [6.45, 7) is 5.74. The molecule has 0 spiro atoms. The molecule has 0 saturated heterocycles. The van der Waals surface area contributed by atoms with Crippen LogP contribution in [0, 0.1) is 18.3 Å². The molecule has 1 aromatic carbocycles. The van der Waals surface area contributed by atoms with Crippen molar-refractivity contribution in [1.82, 2.24) is 0 Å². The van der Waals surface area contributed by atoms with Crippen molar-refractivity contribution in [1.29, 1.82) is 0 Å². The van der Waals surface area contributed by atoms with Crippen LogP contribution in [-0.4, -0.2) is 29.2 Å². The number of aliphatic hydroxyl groups is 1. The van der Waals surface area contributed by atoms with Gasteiger partial charge >= 0.3 is 0 Å². The lowest BCUT2D eigenvalue weighted by Gasteiger charge is -2.45. The quantitative estimate of drug-likeness (QED) is 0.836. The van der Waals surface area contributed by atoms with Gasteiger partial charge in [0.05, 0.1) is 18.8 Å². The highest BCUT2D eigenvalue weighted by molar-refractivity contribution is 6.07. The van der Waals surface area contributed by atoms with Gasteiger partial charge in [-0.15, -0.1) is 0 Å². The van der Waals surface area contributed by atoms with E-state index < -0.39 is 6.10 Å². The summed E-state index contributed by atoms with van der Waals surface area (Å²) in [5, 5.41) is 20.7. The average molecular weight is 302 g/mol. The van der Waals surface area contributed by atoms with E-state index in [-0.39, 0.29) is 22.9 Å². The van der Waals surface area contributed by atoms with Crippen molar-refractivity contribution in [3.63, 3.8) is 0 Å². The van der Waals surface area contributed by atoms with Gasteiger partial charge in [-0.1, -0.05) is 19.9 Å². The minimum atomic E-state index is -0.462. The number of aromatic hydroxyl groups is 1. The van der Waals surface area contributed by atoms with Crippen LogP contribution in [0.5, 0.6) is 11.5 Å². The number of hydrogen-bond acceptors (Lipinski definition) is 4. The Bertz CT molecular complexity index is 685. The van der Waals surface area contributed by atoms with Gasteiger partial charge in [0.2, 0.25) is 0 Å². The summed E-state index contributed by atoms with van der Waals surface area (Å²) >= 11 is 0. The first-order valence-corrected chi connectivity index (χ1v) is 7.61. The zero-order valence-corrected chi connectivity index (χ0v) is 13.4. The number of benzene rings is 1. The van der Waals surface area contributed by atoms with Gasteiger partial charge in [-0.05, 0) is 41.9 Å². The minimum absolute atomic E-state index is 0.0163. The second kappa shape index (κ2) is 4.85. The minimum Gasteiger partial charge on any atom is -0.507 e. The molecule has 2 aliphatic rings. The van der Waals surface area contributed by atoms with Gasteiger partial charge in [0.25, 0.3) is 0 Å². The molecule has 22 heavy (non-hydrogen) atoms. The third kappa shape index (κ3) is 1.90. The molecule has 4 heteroatoms. The molecule has 0 amide bonds. The fourth-order valence-corrected chi connectivity index (χ4v) is 3.74. The zero-order valence-electron chi connectivity index (χ0n) is 13.4. The Morgan fingerprint density at radius 1 is 1.36 bits per heavy atom. The number of ether oxygens (including phenoxy) is 1. The van der Waals surface area contributed by atoms with Gasteiger partial charge < -0.3 is 14.9 Å². The number of allylic oxidation sites excluding steroid dienone is 1. The van der Waals surface area contributed by atoms with Crippen molar-refractivity contribution in [3.8, 4) is 11.5 Å². The maximum absolute atomic E-state index is 12.6. The monoisotopic (exact) mass is 302 g/mol. The number of rotatable bonds is 1. The molecular formula is C18H22O4. The van der Waals surface area contributed by atoms with Crippen LogP contribution >= 0.6 is 0 Å². The maximum Gasteiger partial charge on any atom is 0.167 e. The van der Waals surface area contributed by atoms with Gasteiger partial charge in [-0.3, -0.25) is 4.79 Å². The summed E-state index contributed by atoms with van der Waals surface area (Å²) in [4.78, 5) is 12.6. The van der Waals surface area contributed by atoms with E-state index in [0.717, 1.165) is 11.1 Å². The normalized spacial score (nSPS) is 26.0. The molecule has 0 fully saturated rings. The average Bonchev–Trinajstić information content (AvgIpc) is 2.47. The molecule has 3 rings (SSSR count). The molecule has 0 aliphatic heterocycles. The first-order chi connectivity index (χ1) is 10.3. The zero-order chi connectivity index (χ0) is 16.2. The molecule has 0 radical (unpaired) electrons. The van der Waals surface area contributed by atoms with Gasteiger partial charge in [0, 0.05) is 12.0 Å². The summed E-state index contributed by atoms with van der Waals surface area (Å²) in [5.74, 6) is 0.489.